The molecule has 1 nitrogen and oxygen atoms in total. The molecule has 1 atom stereocenters. The van der Waals surface area contributed by atoms with Gasteiger partial charge in [-0.15, -0.1) is 0 Å². The van der Waals surface area contributed by atoms with E-state index < -0.39 is 11.6 Å². The lowest BCUT2D eigenvalue weighted by Crippen LogP contribution is -2.09. The van der Waals surface area contributed by atoms with Gasteiger partial charge >= 0.3 is 0 Å². The Labute approximate surface area is 120 Å². The molecule has 0 saturated heterocycles. The van der Waals surface area contributed by atoms with Crippen molar-refractivity contribution in [3.63, 3.8) is 0 Å². The van der Waals surface area contributed by atoms with Gasteiger partial charge in [0.2, 0.25) is 0 Å². The van der Waals surface area contributed by atoms with Gasteiger partial charge in [0.1, 0.15) is 0 Å². The summed E-state index contributed by atoms with van der Waals surface area (Å²) in [6, 6.07) is 8.70. The summed E-state index contributed by atoms with van der Waals surface area (Å²) in [5.41, 5.74) is 0.807. The molecule has 0 aliphatic rings. The summed E-state index contributed by atoms with van der Waals surface area (Å²) < 4.78 is 26.7. The minimum Gasteiger partial charge on any atom is -0.376 e. The summed E-state index contributed by atoms with van der Waals surface area (Å²) in [6.45, 7) is 1.79. The van der Waals surface area contributed by atoms with Crippen LogP contribution >= 0.6 is 23.2 Å². The first-order chi connectivity index (χ1) is 8.99. The topological polar surface area (TPSA) is 12.0 Å². The Balaban J connectivity index is 2.28. The molecule has 19 heavy (non-hydrogen) atoms. The van der Waals surface area contributed by atoms with Crippen LogP contribution in [0.3, 0.4) is 0 Å². The van der Waals surface area contributed by atoms with Crippen LogP contribution in [0, 0.1) is 11.6 Å². The molecule has 0 spiro atoms. The molecule has 2 aromatic rings. The molecule has 1 N–H and O–H groups in total. The molecule has 0 aliphatic carbocycles. The lowest BCUT2D eigenvalue weighted by molar-refractivity contribution is 0.510. The number of anilines is 1. The predicted molar refractivity (Wildman–Crippen MR) is 74.9 cm³/mol. The fourth-order valence-corrected chi connectivity index (χ4v) is 2.23. The number of hydrogen-bond donors (Lipinski definition) is 1. The van der Waals surface area contributed by atoms with Crippen LogP contribution in [0.4, 0.5) is 14.5 Å². The minimum absolute atomic E-state index is 0.0866. The monoisotopic (exact) mass is 301 g/mol. The number of hydrogen-bond acceptors (Lipinski definition) is 1. The first kappa shape index (κ1) is 14.1. The van der Waals surface area contributed by atoms with Gasteiger partial charge in [-0.1, -0.05) is 29.3 Å². The molecule has 1 unspecified atom stereocenters. The largest absolute Gasteiger partial charge is 0.376 e. The third-order valence-corrected chi connectivity index (χ3v) is 3.33. The van der Waals surface area contributed by atoms with Crippen LogP contribution in [-0.2, 0) is 0 Å². The maximum atomic E-state index is 13.6. The smallest absolute Gasteiger partial charge is 0.181 e. The van der Waals surface area contributed by atoms with E-state index in [4.69, 9.17) is 23.2 Å². The van der Waals surface area contributed by atoms with Crippen molar-refractivity contribution in [2.24, 2.45) is 0 Å². The number of nitrogens with one attached hydrogen (secondary N) is 1. The van der Waals surface area contributed by atoms with Crippen molar-refractivity contribution in [3.8, 4) is 0 Å². The third kappa shape index (κ3) is 3.17. The van der Waals surface area contributed by atoms with Crippen LogP contribution in [-0.4, -0.2) is 0 Å². The highest BCUT2D eigenvalue weighted by Gasteiger charge is 2.14. The first-order valence-corrected chi connectivity index (χ1v) is 6.40. The Morgan fingerprint density at radius 3 is 2.58 bits per heavy atom. The molecule has 0 aliphatic heterocycles. The zero-order chi connectivity index (χ0) is 14.0. The van der Waals surface area contributed by atoms with Gasteiger partial charge in [0, 0.05) is 10.0 Å². The Morgan fingerprint density at radius 2 is 1.84 bits per heavy atom. The quantitative estimate of drug-likeness (QED) is 0.795. The van der Waals surface area contributed by atoms with Gasteiger partial charge in [0.25, 0.3) is 0 Å². The molecule has 0 amide bonds. The molecule has 0 aromatic heterocycles. The van der Waals surface area contributed by atoms with Gasteiger partial charge in [-0.2, -0.15) is 0 Å². The summed E-state index contributed by atoms with van der Waals surface area (Å²) in [6.07, 6.45) is 0. The molecule has 100 valence electrons. The average molecular weight is 302 g/mol. The van der Waals surface area contributed by atoms with E-state index in [1.165, 1.54) is 12.1 Å². The second-order valence-corrected chi connectivity index (χ2v) is 4.98. The molecule has 0 saturated carbocycles. The van der Waals surface area contributed by atoms with E-state index in [0.717, 1.165) is 11.6 Å². The maximum absolute atomic E-state index is 13.6. The lowest BCUT2D eigenvalue weighted by Gasteiger charge is -2.18. The van der Waals surface area contributed by atoms with Crippen molar-refractivity contribution in [2.75, 3.05) is 5.32 Å². The van der Waals surface area contributed by atoms with E-state index in [0.29, 0.717) is 10.0 Å². The summed E-state index contributed by atoms with van der Waals surface area (Å²) >= 11 is 12.0. The second kappa shape index (κ2) is 5.76. The summed E-state index contributed by atoms with van der Waals surface area (Å²) in [5, 5.41) is 3.93. The Morgan fingerprint density at radius 1 is 1.11 bits per heavy atom. The fraction of sp³-hybridized carbons (Fsp3) is 0.143. The molecule has 0 heterocycles. The van der Waals surface area contributed by atoms with Crippen molar-refractivity contribution < 1.29 is 8.78 Å². The Hall–Kier alpha value is -1.32. The third-order valence-electron chi connectivity index (χ3n) is 2.75. The Kier molecular flexibility index (Phi) is 4.27. The molecule has 0 radical (unpaired) electrons. The van der Waals surface area contributed by atoms with Crippen molar-refractivity contribution in [3.05, 3.63) is 63.6 Å². The summed E-state index contributed by atoms with van der Waals surface area (Å²) in [5.74, 6) is -1.80. The van der Waals surface area contributed by atoms with Gasteiger partial charge in [0.05, 0.1) is 11.7 Å². The first-order valence-electron chi connectivity index (χ1n) is 5.64. The maximum Gasteiger partial charge on any atom is 0.181 e. The zero-order valence-corrected chi connectivity index (χ0v) is 11.6. The lowest BCUT2D eigenvalue weighted by atomic mass is 10.1. The summed E-state index contributed by atoms with van der Waals surface area (Å²) in [7, 11) is 0. The standard InChI is InChI=1S/C14H11Cl2F2N/c1-8(10-7-9(15)5-6-11(10)16)19-13-4-2-3-12(17)14(13)18/h2-8,19H,1H3. The predicted octanol–water partition coefficient (Wildman–Crippen LogP) is 5.44. The molecular weight excluding hydrogens is 291 g/mol. The highest BCUT2D eigenvalue weighted by molar-refractivity contribution is 6.33. The van der Waals surface area contributed by atoms with Crippen LogP contribution in [0.15, 0.2) is 36.4 Å². The highest BCUT2D eigenvalue weighted by Crippen LogP contribution is 2.29. The SMILES string of the molecule is CC(Nc1cccc(F)c1F)c1cc(Cl)ccc1Cl. The van der Waals surface area contributed by atoms with Crippen molar-refractivity contribution in [1.82, 2.24) is 0 Å². The van der Waals surface area contributed by atoms with Crippen LogP contribution in [0.25, 0.3) is 0 Å². The second-order valence-electron chi connectivity index (χ2n) is 4.13. The molecule has 2 aromatic carbocycles. The zero-order valence-electron chi connectivity index (χ0n) is 10.1. The van der Waals surface area contributed by atoms with E-state index in [1.807, 2.05) is 0 Å². The van der Waals surface area contributed by atoms with Gasteiger partial charge in [0.15, 0.2) is 11.6 Å². The van der Waals surface area contributed by atoms with Crippen LogP contribution in [0.1, 0.15) is 18.5 Å². The molecule has 5 heteroatoms. The van der Waals surface area contributed by atoms with E-state index >= 15 is 0 Å². The van der Waals surface area contributed by atoms with Crippen molar-refractivity contribution >= 4 is 28.9 Å². The van der Waals surface area contributed by atoms with Crippen LogP contribution in [0.2, 0.25) is 10.0 Å². The summed E-state index contributed by atoms with van der Waals surface area (Å²) in [4.78, 5) is 0. The highest BCUT2D eigenvalue weighted by atomic mass is 35.5. The Bertz CT molecular complexity index is 602. The minimum atomic E-state index is -0.910. The van der Waals surface area contributed by atoms with Crippen molar-refractivity contribution in [2.45, 2.75) is 13.0 Å². The van der Waals surface area contributed by atoms with Gasteiger partial charge in [-0.25, -0.2) is 8.78 Å². The van der Waals surface area contributed by atoms with E-state index in [2.05, 4.69) is 5.32 Å². The van der Waals surface area contributed by atoms with Gasteiger partial charge in [-0.05, 0) is 42.8 Å². The number of rotatable bonds is 3. The van der Waals surface area contributed by atoms with E-state index in [-0.39, 0.29) is 11.7 Å². The van der Waals surface area contributed by atoms with E-state index in [1.54, 1.807) is 25.1 Å². The van der Waals surface area contributed by atoms with Crippen molar-refractivity contribution in [1.29, 1.82) is 0 Å². The molecule has 0 bridgehead atoms. The number of benzene rings is 2. The average Bonchev–Trinajstić information content (AvgIpc) is 2.38. The fourth-order valence-electron chi connectivity index (χ4n) is 1.77. The van der Waals surface area contributed by atoms with E-state index in [9.17, 15) is 8.78 Å². The van der Waals surface area contributed by atoms with Gasteiger partial charge in [-0.3, -0.25) is 0 Å². The molecular formula is C14H11Cl2F2N. The van der Waals surface area contributed by atoms with Crippen LogP contribution in [0.5, 0.6) is 0 Å². The number of halogens is 4. The normalized spacial score (nSPS) is 12.3. The van der Waals surface area contributed by atoms with Crippen LogP contribution < -0.4 is 5.32 Å². The molecule has 0 fully saturated rings. The van der Waals surface area contributed by atoms with Gasteiger partial charge < -0.3 is 5.32 Å². The molecule has 2 rings (SSSR count).